The predicted molar refractivity (Wildman–Crippen MR) is 69.7 cm³/mol. The Kier molecular flexibility index (Phi) is 3.18. The highest BCUT2D eigenvalue weighted by Gasteiger charge is 2.63. The first-order valence-electron chi connectivity index (χ1n) is 5.32. The SMILES string of the molecule is Cl.NC(=O)[C@@H]1C[C@@H]2C[C@@]2(c2cccc(Br)n2)N1. The van der Waals surface area contributed by atoms with E-state index in [1.807, 2.05) is 18.2 Å². The molecule has 3 rings (SSSR count). The number of halogens is 2. The molecule has 92 valence electrons. The maximum atomic E-state index is 11.1. The minimum atomic E-state index is -0.262. The molecule has 2 heterocycles. The number of piperidine rings is 1. The van der Waals surface area contributed by atoms with Gasteiger partial charge in [-0.15, -0.1) is 12.4 Å². The number of primary amides is 1. The lowest BCUT2D eigenvalue weighted by Gasteiger charge is -2.16. The molecular formula is C11H13BrClN3O. The van der Waals surface area contributed by atoms with Crippen LogP contribution in [0.25, 0.3) is 0 Å². The fraction of sp³-hybridized carbons (Fsp3) is 0.455. The molecule has 1 aliphatic carbocycles. The minimum absolute atomic E-state index is 0. The van der Waals surface area contributed by atoms with E-state index in [2.05, 4.69) is 26.2 Å². The number of amides is 1. The number of hydrogen-bond acceptors (Lipinski definition) is 3. The zero-order chi connectivity index (χ0) is 11.3. The number of nitrogens with zero attached hydrogens (tertiary/aromatic N) is 1. The molecule has 0 radical (unpaired) electrons. The third kappa shape index (κ3) is 1.96. The fourth-order valence-electron chi connectivity index (χ4n) is 2.68. The topological polar surface area (TPSA) is 68.0 Å². The van der Waals surface area contributed by atoms with Crippen LogP contribution in [-0.2, 0) is 10.3 Å². The summed E-state index contributed by atoms with van der Waals surface area (Å²) in [6, 6.07) is 5.68. The first kappa shape index (κ1) is 12.8. The van der Waals surface area contributed by atoms with E-state index in [4.69, 9.17) is 5.73 Å². The van der Waals surface area contributed by atoms with Crippen molar-refractivity contribution in [1.29, 1.82) is 0 Å². The fourth-order valence-corrected chi connectivity index (χ4v) is 3.02. The summed E-state index contributed by atoms with van der Waals surface area (Å²) in [5, 5.41) is 3.33. The van der Waals surface area contributed by atoms with Crippen molar-refractivity contribution >= 4 is 34.2 Å². The van der Waals surface area contributed by atoms with Crippen molar-refractivity contribution in [3.63, 3.8) is 0 Å². The number of nitrogens with one attached hydrogen (secondary N) is 1. The first-order chi connectivity index (χ1) is 7.62. The van der Waals surface area contributed by atoms with E-state index in [0.717, 1.165) is 23.1 Å². The van der Waals surface area contributed by atoms with Crippen molar-refractivity contribution in [1.82, 2.24) is 10.3 Å². The molecule has 1 aromatic heterocycles. The number of fused-ring (bicyclic) bond motifs is 1. The van der Waals surface area contributed by atoms with Gasteiger partial charge in [-0.25, -0.2) is 4.98 Å². The molecule has 1 amide bonds. The smallest absolute Gasteiger partial charge is 0.234 e. The largest absolute Gasteiger partial charge is 0.368 e. The number of rotatable bonds is 2. The number of carbonyl (C=O) groups excluding carboxylic acids is 1. The molecule has 2 aliphatic rings. The number of nitrogens with two attached hydrogens (primary N) is 1. The highest BCUT2D eigenvalue weighted by molar-refractivity contribution is 9.10. The van der Waals surface area contributed by atoms with Crippen LogP contribution >= 0.6 is 28.3 Å². The van der Waals surface area contributed by atoms with Gasteiger partial charge >= 0.3 is 0 Å². The van der Waals surface area contributed by atoms with Gasteiger partial charge in [-0.1, -0.05) is 6.07 Å². The molecule has 2 fully saturated rings. The van der Waals surface area contributed by atoms with Crippen molar-refractivity contribution < 1.29 is 4.79 Å². The zero-order valence-electron chi connectivity index (χ0n) is 9.02. The van der Waals surface area contributed by atoms with Crippen molar-refractivity contribution in [2.75, 3.05) is 0 Å². The normalized spacial score (nSPS) is 33.7. The molecule has 1 aromatic rings. The van der Waals surface area contributed by atoms with E-state index < -0.39 is 0 Å². The highest BCUT2D eigenvalue weighted by atomic mass is 79.9. The third-order valence-electron chi connectivity index (χ3n) is 3.57. The Morgan fingerprint density at radius 1 is 1.59 bits per heavy atom. The van der Waals surface area contributed by atoms with E-state index in [1.54, 1.807) is 0 Å². The Morgan fingerprint density at radius 2 is 2.35 bits per heavy atom. The van der Waals surface area contributed by atoms with E-state index in [1.165, 1.54) is 0 Å². The van der Waals surface area contributed by atoms with Crippen molar-refractivity contribution in [3.8, 4) is 0 Å². The summed E-state index contributed by atoms with van der Waals surface area (Å²) in [5.41, 5.74) is 6.23. The molecule has 3 N–H and O–H groups in total. The van der Waals surface area contributed by atoms with Crippen LogP contribution in [0.4, 0.5) is 0 Å². The van der Waals surface area contributed by atoms with Gasteiger partial charge in [0.1, 0.15) is 4.60 Å². The van der Waals surface area contributed by atoms with Gasteiger partial charge in [0.05, 0.1) is 17.3 Å². The van der Waals surface area contributed by atoms with Gasteiger partial charge < -0.3 is 5.73 Å². The number of hydrogen-bond donors (Lipinski definition) is 2. The second kappa shape index (κ2) is 4.23. The summed E-state index contributed by atoms with van der Waals surface area (Å²) in [7, 11) is 0. The average molecular weight is 319 g/mol. The molecule has 0 unspecified atom stereocenters. The Morgan fingerprint density at radius 3 is 2.94 bits per heavy atom. The summed E-state index contributed by atoms with van der Waals surface area (Å²) in [6.45, 7) is 0. The van der Waals surface area contributed by atoms with Crippen molar-refractivity contribution in [2.24, 2.45) is 11.7 Å². The van der Waals surface area contributed by atoms with E-state index in [-0.39, 0.29) is 29.9 Å². The zero-order valence-corrected chi connectivity index (χ0v) is 11.4. The molecule has 1 saturated heterocycles. The molecule has 4 nitrogen and oxygen atoms in total. The number of pyridine rings is 1. The highest BCUT2D eigenvalue weighted by Crippen LogP contribution is 2.58. The van der Waals surface area contributed by atoms with Crippen LogP contribution in [0, 0.1) is 5.92 Å². The van der Waals surface area contributed by atoms with Gasteiger partial charge in [0.15, 0.2) is 0 Å². The van der Waals surface area contributed by atoms with Crippen LogP contribution in [0.1, 0.15) is 18.5 Å². The number of carbonyl (C=O) groups is 1. The van der Waals surface area contributed by atoms with E-state index in [9.17, 15) is 4.79 Å². The minimum Gasteiger partial charge on any atom is -0.368 e. The van der Waals surface area contributed by atoms with Gasteiger partial charge in [0.2, 0.25) is 5.91 Å². The quantitative estimate of drug-likeness (QED) is 0.808. The van der Waals surface area contributed by atoms with Gasteiger partial charge in [-0.05, 0) is 46.8 Å². The van der Waals surface area contributed by atoms with Crippen LogP contribution < -0.4 is 11.1 Å². The van der Waals surface area contributed by atoms with Crippen LogP contribution in [-0.4, -0.2) is 16.9 Å². The maximum Gasteiger partial charge on any atom is 0.234 e. The van der Waals surface area contributed by atoms with E-state index >= 15 is 0 Å². The molecule has 0 bridgehead atoms. The Bertz CT molecular complexity index is 470. The molecule has 17 heavy (non-hydrogen) atoms. The van der Waals surface area contributed by atoms with E-state index in [0.29, 0.717) is 5.92 Å². The van der Waals surface area contributed by atoms with Crippen LogP contribution in [0.3, 0.4) is 0 Å². The maximum absolute atomic E-state index is 11.1. The monoisotopic (exact) mass is 317 g/mol. The van der Waals surface area contributed by atoms with Gasteiger partial charge in [-0.2, -0.15) is 0 Å². The summed E-state index contributed by atoms with van der Waals surface area (Å²) >= 11 is 3.37. The summed E-state index contributed by atoms with van der Waals surface area (Å²) in [5.74, 6) is 0.244. The van der Waals surface area contributed by atoms with Crippen molar-refractivity contribution in [3.05, 3.63) is 28.5 Å². The predicted octanol–water partition coefficient (Wildman–Crippen LogP) is 1.33. The van der Waals surface area contributed by atoms with Gasteiger partial charge in [0, 0.05) is 0 Å². The lowest BCUT2D eigenvalue weighted by atomic mass is 10.1. The summed E-state index contributed by atoms with van der Waals surface area (Å²) in [4.78, 5) is 15.6. The Labute approximate surface area is 114 Å². The Hall–Kier alpha value is -0.650. The van der Waals surface area contributed by atoms with Crippen LogP contribution in [0.2, 0.25) is 0 Å². The van der Waals surface area contributed by atoms with Crippen molar-refractivity contribution in [2.45, 2.75) is 24.4 Å². The average Bonchev–Trinajstić information content (AvgIpc) is 2.82. The molecule has 0 spiro atoms. The third-order valence-corrected chi connectivity index (χ3v) is 4.01. The molecule has 6 heteroatoms. The molecular weight excluding hydrogens is 305 g/mol. The lowest BCUT2D eigenvalue weighted by Crippen LogP contribution is -2.42. The molecule has 0 aromatic carbocycles. The summed E-state index contributed by atoms with van der Waals surface area (Å²) in [6.07, 6.45) is 1.89. The second-order valence-corrected chi connectivity index (χ2v) is 5.37. The van der Waals surface area contributed by atoms with Crippen LogP contribution in [0.15, 0.2) is 22.8 Å². The first-order valence-corrected chi connectivity index (χ1v) is 6.11. The number of aromatic nitrogens is 1. The lowest BCUT2D eigenvalue weighted by molar-refractivity contribution is -0.120. The molecule has 1 aliphatic heterocycles. The standard InChI is InChI=1S/C11H12BrN3O.ClH/c12-9-3-1-2-8(14-9)11-5-6(11)4-7(15-11)10(13)16;/h1-3,6-7,15H,4-5H2,(H2,13,16);1H/t6-,7+,11-;/m1./s1. The molecule has 3 atom stereocenters. The molecule has 1 saturated carbocycles. The van der Waals surface area contributed by atoms with Gasteiger partial charge in [0.25, 0.3) is 0 Å². The second-order valence-electron chi connectivity index (χ2n) is 4.55. The summed E-state index contributed by atoms with van der Waals surface area (Å²) < 4.78 is 0.828. The Balaban J connectivity index is 0.00000108. The van der Waals surface area contributed by atoms with Gasteiger partial charge in [-0.3, -0.25) is 10.1 Å². The van der Waals surface area contributed by atoms with Crippen LogP contribution in [0.5, 0.6) is 0 Å².